The second kappa shape index (κ2) is 7.53. The first-order chi connectivity index (χ1) is 9.02. The van der Waals surface area contributed by atoms with Crippen LogP contribution < -0.4 is 11.2 Å². The SMILES string of the molecule is CCCCCC(C)n1c(=O)[nH]c(Cl)c(CCC)c1=O. The molecule has 0 aliphatic carbocycles. The zero-order valence-corrected chi connectivity index (χ0v) is 12.7. The molecule has 0 radical (unpaired) electrons. The summed E-state index contributed by atoms with van der Waals surface area (Å²) in [6, 6.07) is -0.0873. The predicted molar refractivity (Wildman–Crippen MR) is 79.2 cm³/mol. The maximum absolute atomic E-state index is 12.3. The molecule has 1 rings (SSSR count). The number of hydrogen-bond donors (Lipinski definition) is 1. The molecule has 19 heavy (non-hydrogen) atoms. The summed E-state index contributed by atoms with van der Waals surface area (Å²) in [5.41, 5.74) is -0.121. The van der Waals surface area contributed by atoms with Gasteiger partial charge in [0, 0.05) is 6.04 Å². The van der Waals surface area contributed by atoms with Gasteiger partial charge in [0.25, 0.3) is 5.56 Å². The van der Waals surface area contributed by atoms with Crippen LogP contribution in [0.15, 0.2) is 9.59 Å². The minimum atomic E-state index is -0.404. The van der Waals surface area contributed by atoms with Gasteiger partial charge in [-0.25, -0.2) is 4.79 Å². The number of aromatic amines is 1. The van der Waals surface area contributed by atoms with Crippen LogP contribution in [0.5, 0.6) is 0 Å². The molecule has 5 heteroatoms. The molecule has 0 aromatic carbocycles. The van der Waals surface area contributed by atoms with Crippen molar-refractivity contribution in [1.82, 2.24) is 9.55 Å². The van der Waals surface area contributed by atoms with E-state index in [1.807, 2.05) is 13.8 Å². The molecule has 0 aliphatic heterocycles. The van der Waals surface area contributed by atoms with Crippen LogP contribution in [0.1, 0.15) is 64.5 Å². The first-order valence-electron chi connectivity index (χ1n) is 7.06. The summed E-state index contributed by atoms with van der Waals surface area (Å²) in [5, 5.41) is 0.189. The van der Waals surface area contributed by atoms with E-state index in [0.29, 0.717) is 12.0 Å². The Hall–Kier alpha value is -1.03. The third kappa shape index (κ3) is 3.96. The van der Waals surface area contributed by atoms with E-state index in [2.05, 4.69) is 11.9 Å². The lowest BCUT2D eigenvalue weighted by Gasteiger charge is -2.15. The van der Waals surface area contributed by atoms with Gasteiger partial charge >= 0.3 is 5.69 Å². The van der Waals surface area contributed by atoms with Crippen molar-refractivity contribution in [2.24, 2.45) is 0 Å². The summed E-state index contributed by atoms with van der Waals surface area (Å²) in [5.74, 6) is 0. The smallest absolute Gasteiger partial charge is 0.297 e. The first kappa shape index (κ1) is 16.0. The molecule has 0 saturated heterocycles. The highest BCUT2D eigenvalue weighted by Crippen LogP contribution is 2.14. The molecule has 0 fully saturated rings. The summed E-state index contributed by atoms with van der Waals surface area (Å²) >= 11 is 5.95. The van der Waals surface area contributed by atoms with E-state index >= 15 is 0 Å². The van der Waals surface area contributed by atoms with Gasteiger partial charge in [0.2, 0.25) is 0 Å². The lowest BCUT2D eigenvalue weighted by molar-refractivity contribution is 0.445. The van der Waals surface area contributed by atoms with Crippen molar-refractivity contribution in [2.75, 3.05) is 0 Å². The van der Waals surface area contributed by atoms with Crippen LogP contribution in [0.2, 0.25) is 5.15 Å². The Balaban J connectivity index is 3.09. The molecule has 0 amide bonds. The highest BCUT2D eigenvalue weighted by molar-refractivity contribution is 6.30. The van der Waals surface area contributed by atoms with E-state index in [1.54, 1.807) is 0 Å². The largest absolute Gasteiger partial charge is 0.329 e. The fraction of sp³-hybridized carbons (Fsp3) is 0.714. The van der Waals surface area contributed by atoms with Crippen LogP contribution in [-0.4, -0.2) is 9.55 Å². The van der Waals surface area contributed by atoms with Crippen LogP contribution in [0, 0.1) is 0 Å². The van der Waals surface area contributed by atoms with Gasteiger partial charge in [0.15, 0.2) is 0 Å². The number of hydrogen-bond acceptors (Lipinski definition) is 2. The number of unbranched alkanes of at least 4 members (excludes halogenated alkanes) is 2. The van der Waals surface area contributed by atoms with Crippen molar-refractivity contribution >= 4 is 11.6 Å². The summed E-state index contributed by atoms with van der Waals surface area (Å²) in [6.45, 7) is 6.02. The fourth-order valence-corrected chi connectivity index (χ4v) is 2.50. The molecule has 0 aliphatic rings. The number of rotatable bonds is 7. The van der Waals surface area contributed by atoms with Crippen molar-refractivity contribution in [3.63, 3.8) is 0 Å². The van der Waals surface area contributed by atoms with Crippen LogP contribution in [0.3, 0.4) is 0 Å². The Morgan fingerprint density at radius 1 is 1.21 bits per heavy atom. The molecule has 1 aromatic rings. The highest BCUT2D eigenvalue weighted by atomic mass is 35.5. The minimum absolute atomic E-state index is 0.0873. The summed E-state index contributed by atoms with van der Waals surface area (Å²) in [4.78, 5) is 26.8. The number of nitrogens with zero attached hydrogens (tertiary/aromatic N) is 1. The zero-order valence-electron chi connectivity index (χ0n) is 12.0. The van der Waals surface area contributed by atoms with Crippen molar-refractivity contribution in [3.8, 4) is 0 Å². The topological polar surface area (TPSA) is 54.9 Å². The van der Waals surface area contributed by atoms with Crippen LogP contribution in [0.4, 0.5) is 0 Å². The maximum Gasteiger partial charge on any atom is 0.329 e. The number of H-pyrrole nitrogens is 1. The Labute approximate surface area is 118 Å². The van der Waals surface area contributed by atoms with Gasteiger partial charge < -0.3 is 0 Å². The molecule has 1 aromatic heterocycles. The standard InChI is InChI=1S/C14H23ClN2O2/c1-4-6-7-9-10(3)17-13(18)11(8-5-2)12(15)16-14(17)19/h10H,4-9H2,1-3H3,(H,16,19). The predicted octanol–water partition coefficient (Wildman–Crippen LogP) is 3.28. The van der Waals surface area contributed by atoms with Gasteiger partial charge in [0.05, 0.1) is 5.56 Å². The summed E-state index contributed by atoms with van der Waals surface area (Å²) < 4.78 is 1.31. The van der Waals surface area contributed by atoms with Gasteiger partial charge in [-0.3, -0.25) is 14.3 Å². The monoisotopic (exact) mass is 286 g/mol. The zero-order chi connectivity index (χ0) is 14.4. The van der Waals surface area contributed by atoms with Crippen LogP contribution in [-0.2, 0) is 6.42 Å². The van der Waals surface area contributed by atoms with E-state index in [0.717, 1.165) is 32.1 Å². The summed E-state index contributed by atoms with van der Waals surface area (Å²) in [7, 11) is 0. The third-order valence-corrected chi connectivity index (χ3v) is 3.67. The highest BCUT2D eigenvalue weighted by Gasteiger charge is 2.16. The quantitative estimate of drug-likeness (QED) is 0.618. The Kier molecular flexibility index (Phi) is 6.35. The molecule has 0 saturated carbocycles. The average Bonchev–Trinajstić information content (AvgIpc) is 2.34. The molecule has 108 valence electrons. The van der Waals surface area contributed by atoms with E-state index in [9.17, 15) is 9.59 Å². The number of halogens is 1. The molecule has 1 heterocycles. The molecule has 1 unspecified atom stereocenters. The second-order valence-corrected chi connectivity index (χ2v) is 5.37. The molecule has 1 N–H and O–H groups in total. The van der Waals surface area contributed by atoms with Crippen molar-refractivity contribution in [1.29, 1.82) is 0 Å². The lowest BCUT2D eigenvalue weighted by Crippen LogP contribution is -2.39. The van der Waals surface area contributed by atoms with Gasteiger partial charge in [-0.1, -0.05) is 51.1 Å². The summed E-state index contributed by atoms with van der Waals surface area (Å²) in [6.07, 6.45) is 5.52. The average molecular weight is 287 g/mol. The van der Waals surface area contributed by atoms with E-state index in [-0.39, 0.29) is 16.8 Å². The molecular formula is C14H23ClN2O2. The molecule has 0 bridgehead atoms. The van der Waals surface area contributed by atoms with E-state index in [1.165, 1.54) is 4.57 Å². The van der Waals surface area contributed by atoms with E-state index in [4.69, 9.17) is 11.6 Å². The first-order valence-corrected chi connectivity index (χ1v) is 7.43. The van der Waals surface area contributed by atoms with Gasteiger partial charge in [-0.05, 0) is 19.8 Å². The minimum Gasteiger partial charge on any atom is -0.297 e. The van der Waals surface area contributed by atoms with Gasteiger partial charge in [-0.15, -0.1) is 0 Å². The van der Waals surface area contributed by atoms with Gasteiger partial charge in [-0.2, -0.15) is 0 Å². The Morgan fingerprint density at radius 3 is 2.47 bits per heavy atom. The second-order valence-electron chi connectivity index (χ2n) is 4.99. The third-order valence-electron chi connectivity index (χ3n) is 3.34. The van der Waals surface area contributed by atoms with Gasteiger partial charge in [0.1, 0.15) is 5.15 Å². The normalized spacial score (nSPS) is 12.6. The van der Waals surface area contributed by atoms with Crippen molar-refractivity contribution in [2.45, 2.75) is 65.3 Å². The van der Waals surface area contributed by atoms with Crippen molar-refractivity contribution in [3.05, 3.63) is 31.6 Å². The maximum atomic E-state index is 12.3. The lowest BCUT2D eigenvalue weighted by atomic mass is 10.1. The van der Waals surface area contributed by atoms with E-state index < -0.39 is 5.69 Å². The Bertz CT molecular complexity index is 519. The molecule has 1 atom stereocenters. The Morgan fingerprint density at radius 2 is 1.89 bits per heavy atom. The number of nitrogens with one attached hydrogen (secondary N) is 1. The molecule has 4 nitrogen and oxygen atoms in total. The molecule has 0 spiro atoms. The fourth-order valence-electron chi connectivity index (χ4n) is 2.25. The number of aromatic nitrogens is 2. The van der Waals surface area contributed by atoms with Crippen LogP contribution in [0.25, 0.3) is 0 Å². The van der Waals surface area contributed by atoms with Crippen molar-refractivity contribution < 1.29 is 0 Å². The van der Waals surface area contributed by atoms with Crippen LogP contribution >= 0.6 is 11.6 Å². The molecular weight excluding hydrogens is 264 g/mol.